The Hall–Kier alpha value is -0.690. The molecule has 120 valence electrons. The zero-order valence-electron chi connectivity index (χ0n) is 13.1. The Morgan fingerprint density at radius 2 is 1.91 bits per heavy atom. The maximum atomic E-state index is 5.28. The van der Waals surface area contributed by atoms with Crippen LogP contribution >= 0.6 is 27.3 Å². The van der Waals surface area contributed by atoms with Crippen molar-refractivity contribution in [2.24, 2.45) is 0 Å². The standard InChI is InChI=1S/C16H22BrN3OS/c1-12-14(13(2)21-18-12)10-19-5-3-6-20(8-7-19)11-16-15(17)4-9-22-16/h4,9H,3,5-8,10-11H2,1-2H3. The zero-order chi connectivity index (χ0) is 15.5. The fourth-order valence-electron chi connectivity index (χ4n) is 2.93. The van der Waals surface area contributed by atoms with E-state index in [0.29, 0.717) is 0 Å². The van der Waals surface area contributed by atoms with Crippen LogP contribution in [0.1, 0.15) is 28.3 Å². The molecule has 3 rings (SSSR count). The molecule has 6 heteroatoms. The van der Waals surface area contributed by atoms with Crippen molar-refractivity contribution in [1.29, 1.82) is 0 Å². The van der Waals surface area contributed by atoms with Crippen LogP contribution in [0, 0.1) is 13.8 Å². The van der Waals surface area contributed by atoms with Gasteiger partial charge in [-0.15, -0.1) is 11.3 Å². The largest absolute Gasteiger partial charge is 0.361 e. The lowest BCUT2D eigenvalue weighted by molar-refractivity contribution is 0.247. The number of hydrogen-bond acceptors (Lipinski definition) is 5. The van der Waals surface area contributed by atoms with Crippen molar-refractivity contribution in [1.82, 2.24) is 15.0 Å². The summed E-state index contributed by atoms with van der Waals surface area (Å²) in [6, 6.07) is 2.14. The van der Waals surface area contributed by atoms with Gasteiger partial charge in [-0.3, -0.25) is 9.80 Å². The highest BCUT2D eigenvalue weighted by Gasteiger charge is 2.19. The van der Waals surface area contributed by atoms with Crippen LogP contribution in [-0.4, -0.2) is 41.1 Å². The molecule has 1 aliphatic rings. The summed E-state index contributed by atoms with van der Waals surface area (Å²) < 4.78 is 6.53. The molecule has 3 heterocycles. The van der Waals surface area contributed by atoms with Crippen LogP contribution in [0.2, 0.25) is 0 Å². The van der Waals surface area contributed by atoms with Gasteiger partial charge in [0.2, 0.25) is 0 Å². The molecule has 0 bridgehead atoms. The highest BCUT2D eigenvalue weighted by atomic mass is 79.9. The monoisotopic (exact) mass is 383 g/mol. The number of hydrogen-bond donors (Lipinski definition) is 0. The molecule has 0 aliphatic carbocycles. The smallest absolute Gasteiger partial charge is 0.138 e. The molecule has 2 aromatic heterocycles. The zero-order valence-corrected chi connectivity index (χ0v) is 15.5. The summed E-state index contributed by atoms with van der Waals surface area (Å²) in [5, 5.41) is 6.22. The maximum Gasteiger partial charge on any atom is 0.138 e. The van der Waals surface area contributed by atoms with Crippen LogP contribution in [0.15, 0.2) is 20.4 Å². The molecule has 0 saturated carbocycles. The first-order valence-electron chi connectivity index (χ1n) is 7.72. The molecule has 0 unspecified atom stereocenters. The van der Waals surface area contributed by atoms with Crippen LogP contribution in [0.4, 0.5) is 0 Å². The number of thiophene rings is 1. The molecule has 4 nitrogen and oxygen atoms in total. The predicted molar refractivity (Wildman–Crippen MR) is 93.2 cm³/mol. The molecule has 1 aliphatic heterocycles. The third-order valence-electron chi connectivity index (χ3n) is 4.30. The number of aryl methyl sites for hydroxylation is 2. The number of rotatable bonds is 4. The van der Waals surface area contributed by atoms with Crippen LogP contribution in [-0.2, 0) is 13.1 Å². The van der Waals surface area contributed by atoms with Gasteiger partial charge in [-0.25, -0.2) is 0 Å². The Kier molecular flexibility index (Phi) is 5.33. The van der Waals surface area contributed by atoms with E-state index in [-0.39, 0.29) is 0 Å². The van der Waals surface area contributed by atoms with Crippen LogP contribution in [0.3, 0.4) is 0 Å². The lowest BCUT2D eigenvalue weighted by Gasteiger charge is -2.21. The minimum Gasteiger partial charge on any atom is -0.361 e. The van der Waals surface area contributed by atoms with Crippen LogP contribution in [0.5, 0.6) is 0 Å². The minimum atomic E-state index is 0.956. The topological polar surface area (TPSA) is 32.5 Å². The van der Waals surface area contributed by atoms with Crippen molar-refractivity contribution in [3.05, 3.63) is 37.8 Å². The summed E-state index contributed by atoms with van der Waals surface area (Å²) in [7, 11) is 0. The molecule has 0 amide bonds. The molecule has 0 spiro atoms. The molecule has 0 atom stereocenters. The molecule has 0 radical (unpaired) electrons. The first-order valence-corrected chi connectivity index (χ1v) is 9.39. The van der Waals surface area contributed by atoms with E-state index in [0.717, 1.165) is 44.2 Å². The second-order valence-electron chi connectivity index (χ2n) is 5.90. The molecule has 0 aromatic carbocycles. The average molecular weight is 384 g/mol. The van der Waals surface area contributed by atoms with E-state index in [1.165, 1.54) is 27.9 Å². The van der Waals surface area contributed by atoms with Gasteiger partial charge in [-0.05, 0) is 60.7 Å². The highest BCUT2D eigenvalue weighted by Crippen LogP contribution is 2.25. The number of nitrogens with zero attached hydrogens (tertiary/aromatic N) is 3. The molecule has 0 N–H and O–H groups in total. The van der Waals surface area contributed by atoms with Crippen molar-refractivity contribution < 1.29 is 4.52 Å². The SMILES string of the molecule is Cc1noc(C)c1CN1CCCN(Cc2sccc2Br)CC1. The molecule has 22 heavy (non-hydrogen) atoms. The summed E-state index contributed by atoms with van der Waals surface area (Å²) in [5.41, 5.74) is 2.29. The molecular formula is C16H22BrN3OS. The van der Waals surface area contributed by atoms with Gasteiger partial charge in [0.1, 0.15) is 5.76 Å². The average Bonchev–Trinajstić information content (AvgIpc) is 2.94. The van der Waals surface area contributed by atoms with Gasteiger partial charge in [0, 0.05) is 41.1 Å². The summed E-state index contributed by atoms with van der Waals surface area (Å²) in [6.45, 7) is 10.6. The maximum absolute atomic E-state index is 5.28. The summed E-state index contributed by atoms with van der Waals surface area (Å²) >= 11 is 5.47. The predicted octanol–water partition coefficient (Wildman–Crippen LogP) is 3.82. The second kappa shape index (κ2) is 7.25. The van der Waals surface area contributed by atoms with Gasteiger partial charge in [-0.1, -0.05) is 5.16 Å². The van der Waals surface area contributed by atoms with E-state index in [1.54, 1.807) is 0 Å². The Labute approximate surface area is 144 Å². The van der Waals surface area contributed by atoms with Crippen molar-refractivity contribution in [3.63, 3.8) is 0 Å². The van der Waals surface area contributed by atoms with E-state index in [4.69, 9.17) is 4.52 Å². The Bertz CT molecular complexity index is 605. The summed E-state index contributed by atoms with van der Waals surface area (Å²) in [5.74, 6) is 0.959. The van der Waals surface area contributed by atoms with Crippen LogP contribution in [0.25, 0.3) is 0 Å². The van der Waals surface area contributed by atoms with Gasteiger partial charge in [0.05, 0.1) is 5.69 Å². The van der Waals surface area contributed by atoms with E-state index in [1.807, 2.05) is 25.2 Å². The summed E-state index contributed by atoms with van der Waals surface area (Å²) in [4.78, 5) is 6.51. The molecular weight excluding hydrogens is 362 g/mol. The van der Waals surface area contributed by atoms with Gasteiger partial charge in [-0.2, -0.15) is 0 Å². The van der Waals surface area contributed by atoms with E-state index < -0.39 is 0 Å². The normalized spacial score (nSPS) is 17.8. The van der Waals surface area contributed by atoms with Gasteiger partial charge in [0.15, 0.2) is 0 Å². The van der Waals surface area contributed by atoms with E-state index in [9.17, 15) is 0 Å². The first-order chi connectivity index (χ1) is 10.6. The second-order valence-corrected chi connectivity index (χ2v) is 7.76. The first kappa shape index (κ1) is 16.2. The lowest BCUT2D eigenvalue weighted by atomic mass is 10.2. The summed E-state index contributed by atoms with van der Waals surface area (Å²) in [6.07, 6.45) is 1.21. The lowest BCUT2D eigenvalue weighted by Crippen LogP contribution is -2.30. The third kappa shape index (κ3) is 3.79. The van der Waals surface area contributed by atoms with Gasteiger partial charge >= 0.3 is 0 Å². The Morgan fingerprint density at radius 3 is 2.50 bits per heavy atom. The Morgan fingerprint density at radius 1 is 1.18 bits per heavy atom. The van der Waals surface area contributed by atoms with E-state index in [2.05, 4.69) is 42.3 Å². The number of aromatic nitrogens is 1. The molecule has 2 aromatic rings. The van der Waals surface area contributed by atoms with E-state index >= 15 is 0 Å². The number of halogens is 1. The highest BCUT2D eigenvalue weighted by molar-refractivity contribution is 9.10. The van der Waals surface area contributed by atoms with Gasteiger partial charge < -0.3 is 4.52 Å². The molecule has 1 fully saturated rings. The minimum absolute atomic E-state index is 0.956. The van der Waals surface area contributed by atoms with Crippen LogP contribution < -0.4 is 0 Å². The van der Waals surface area contributed by atoms with Crippen molar-refractivity contribution >= 4 is 27.3 Å². The Balaban J connectivity index is 1.57. The fourth-order valence-corrected chi connectivity index (χ4v) is 4.45. The molecule has 1 saturated heterocycles. The van der Waals surface area contributed by atoms with Gasteiger partial charge in [0.25, 0.3) is 0 Å². The third-order valence-corrected chi connectivity index (χ3v) is 6.21. The fraction of sp³-hybridized carbons (Fsp3) is 0.562. The van der Waals surface area contributed by atoms with Crippen molar-refractivity contribution in [3.8, 4) is 0 Å². The van der Waals surface area contributed by atoms with Crippen molar-refractivity contribution in [2.75, 3.05) is 26.2 Å². The van der Waals surface area contributed by atoms with Crippen molar-refractivity contribution in [2.45, 2.75) is 33.4 Å². The quantitative estimate of drug-likeness (QED) is 0.802.